The molecule has 0 aliphatic heterocycles. The molecule has 0 aliphatic carbocycles. The summed E-state index contributed by atoms with van der Waals surface area (Å²) >= 11 is 0. The third kappa shape index (κ3) is 15.1. The van der Waals surface area contributed by atoms with Crippen LogP contribution in [0.25, 0.3) is 0 Å². The molecule has 0 atom stereocenters. The summed E-state index contributed by atoms with van der Waals surface area (Å²) in [7, 11) is 4.52. The van der Waals surface area contributed by atoms with Crippen LogP contribution in [0.5, 0.6) is 0 Å². The van der Waals surface area contributed by atoms with Crippen molar-refractivity contribution in [3.05, 3.63) is 0 Å². The van der Waals surface area contributed by atoms with Crippen molar-refractivity contribution in [2.24, 2.45) is 0 Å². The van der Waals surface area contributed by atoms with Crippen molar-refractivity contribution in [2.45, 2.75) is 0 Å². The molecule has 0 aliphatic rings. The van der Waals surface area contributed by atoms with Crippen LogP contribution in [-0.2, 0) is 14.2 Å². The molecule has 0 radical (unpaired) electrons. The fourth-order valence-electron chi connectivity index (χ4n) is 0.934. The lowest BCUT2D eigenvalue weighted by molar-refractivity contribution is -0.864. The van der Waals surface area contributed by atoms with E-state index in [1.54, 1.807) is 40.1 Å². The summed E-state index contributed by atoms with van der Waals surface area (Å²) in [5.41, 5.74) is 0. The molecule has 0 saturated carbocycles. The number of likely N-dealkylation sites (N-methyl/N-ethyl adjacent to an activating group) is 2. The van der Waals surface area contributed by atoms with Crippen LogP contribution in [0, 0.1) is 0 Å². The van der Waals surface area contributed by atoms with Gasteiger partial charge in [0.05, 0.1) is 27.1 Å². The first kappa shape index (κ1) is 21.3. The van der Waals surface area contributed by atoms with Gasteiger partial charge in [-0.25, -0.2) is 4.57 Å². The molecule has 9 nitrogen and oxygen atoms in total. The normalized spacial score (nSPS) is 11.6. The van der Waals surface area contributed by atoms with Crippen LogP contribution in [-0.4, -0.2) is 91.1 Å². The Kier molecular flexibility index (Phi) is 9.63. The standard InChI is InChI=1S/C5H13N2O4P.C5H11NO2/c1-6(2)3-4-7(5-8)12(9,10)11;1-6(2,3)4-5(7)8/h5H,3-4H2,1-2H3,(H2,9,10,11);4H2,1-3H3. The number of rotatable bonds is 7. The van der Waals surface area contributed by atoms with E-state index >= 15 is 0 Å². The summed E-state index contributed by atoms with van der Waals surface area (Å²) in [6.45, 7) is 0.518. The van der Waals surface area contributed by atoms with Gasteiger partial charge in [-0.2, -0.15) is 0 Å². The first-order valence-electron chi connectivity index (χ1n) is 5.72. The average molecular weight is 313 g/mol. The zero-order valence-electron chi connectivity index (χ0n) is 12.5. The summed E-state index contributed by atoms with van der Waals surface area (Å²) in [6, 6.07) is 0. The van der Waals surface area contributed by atoms with Crippen molar-refractivity contribution >= 4 is 20.1 Å². The van der Waals surface area contributed by atoms with Crippen LogP contribution < -0.4 is 5.11 Å². The van der Waals surface area contributed by atoms with E-state index in [1.165, 1.54) is 0 Å². The number of carbonyl (C=O) groups excluding carboxylic acids is 2. The topological polar surface area (TPSA) is 121 Å². The van der Waals surface area contributed by atoms with Crippen molar-refractivity contribution in [1.82, 2.24) is 9.57 Å². The number of nitrogens with zero attached hydrogens (tertiary/aromatic N) is 3. The minimum Gasteiger partial charge on any atom is -0.544 e. The van der Waals surface area contributed by atoms with E-state index in [9.17, 15) is 19.3 Å². The summed E-state index contributed by atoms with van der Waals surface area (Å²) in [5.74, 6) is -1.00. The van der Waals surface area contributed by atoms with Crippen molar-refractivity contribution in [1.29, 1.82) is 0 Å². The van der Waals surface area contributed by atoms with E-state index in [0.717, 1.165) is 0 Å². The lowest BCUT2D eigenvalue weighted by Crippen LogP contribution is -2.45. The number of amides is 1. The highest BCUT2D eigenvalue weighted by molar-refractivity contribution is 7.49. The van der Waals surface area contributed by atoms with E-state index < -0.39 is 13.7 Å². The molecular weight excluding hydrogens is 289 g/mol. The third-order valence-corrected chi connectivity index (χ3v) is 2.80. The fourth-order valence-corrected chi connectivity index (χ4v) is 1.41. The molecule has 0 fully saturated rings. The van der Waals surface area contributed by atoms with Crippen LogP contribution in [0.2, 0.25) is 0 Å². The number of carboxylic acid groups (broad SMARTS) is 1. The Bertz CT molecular complexity index is 349. The molecule has 0 heterocycles. The summed E-state index contributed by atoms with van der Waals surface area (Å²) in [5, 5.41) is 9.89. The van der Waals surface area contributed by atoms with E-state index in [0.29, 0.717) is 15.7 Å². The molecule has 0 aromatic rings. The van der Waals surface area contributed by atoms with E-state index in [1.807, 2.05) is 0 Å². The van der Waals surface area contributed by atoms with Gasteiger partial charge in [-0.1, -0.05) is 0 Å². The second-order valence-electron chi connectivity index (χ2n) is 5.41. The number of carboxylic acids is 1. The molecule has 0 rings (SSSR count). The predicted octanol–water partition coefficient (Wildman–Crippen LogP) is -2.46. The van der Waals surface area contributed by atoms with Crippen LogP contribution >= 0.6 is 7.75 Å². The highest BCUT2D eigenvalue weighted by Gasteiger charge is 2.22. The van der Waals surface area contributed by atoms with Gasteiger partial charge < -0.3 is 29.1 Å². The molecule has 0 aromatic heterocycles. The van der Waals surface area contributed by atoms with Crippen LogP contribution in [0.15, 0.2) is 0 Å². The maximum Gasteiger partial charge on any atom is 0.432 e. The molecule has 1 amide bonds. The Morgan fingerprint density at radius 2 is 1.70 bits per heavy atom. The van der Waals surface area contributed by atoms with Crippen LogP contribution in [0.4, 0.5) is 0 Å². The predicted molar refractivity (Wildman–Crippen MR) is 71.3 cm³/mol. The monoisotopic (exact) mass is 313 g/mol. The Labute approximate surface area is 119 Å². The van der Waals surface area contributed by atoms with Crippen LogP contribution in [0.3, 0.4) is 0 Å². The van der Waals surface area contributed by atoms with Gasteiger partial charge >= 0.3 is 7.75 Å². The van der Waals surface area contributed by atoms with E-state index in [2.05, 4.69) is 0 Å². The first-order chi connectivity index (χ1) is 8.79. The van der Waals surface area contributed by atoms with Crippen molar-refractivity contribution in [3.63, 3.8) is 0 Å². The minimum atomic E-state index is -4.39. The molecule has 0 saturated heterocycles. The Balaban J connectivity index is 0. The highest BCUT2D eigenvalue weighted by atomic mass is 31.2. The third-order valence-electron chi connectivity index (χ3n) is 1.84. The van der Waals surface area contributed by atoms with Gasteiger partial charge in [0.2, 0.25) is 6.41 Å². The molecular formula is C10H24N3O6P. The highest BCUT2D eigenvalue weighted by Crippen LogP contribution is 2.37. The van der Waals surface area contributed by atoms with E-state index in [4.69, 9.17) is 9.79 Å². The lowest BCUT2D eigenvalue weighted by Gasteiger charge is -2.23. The van der Waals surface area contributed by atoms with Gasteiger partial charge in [0.25, 0.3) is 0 Å². The SMILES string of the molecule is CN(C)CCN(C=O)P(=O)(O)O.C[N+](C)(C)CC(=O)[O-]. The summed E-state index contributed by atoms with van der Waals surface area (Å²) in [6.07, 6.45) is 0.157. The smallest absolute Gasteiger partial charge is 0.432 e. The number of hydrogen-bond donors (Lipinski definition) is 2. The van der Waals surface area contributed by atoms with Crippen molar-refractivity contribution < 1.29 is 33.5 Å². The maximum absolute atomic E-state index is 10.5. The fraction of sp³-hybridized carbons (Fsp3) is 0.800. The average Bonchev–Trinajstić information content (AvgIpc) is 2.12. The zero-order valence-corrected chi connectivity index (χ0v) is 13.4. The molecule has 0 spiro atoms. The molecule has 2 N–H and O–H groups in total. The second kappa shape index (κ2) is 9.04. The number of quaternary nitrogens is 1. The summed E-state index contributed by atoms with van der Waals surface area (Å²) in [4.78, 5) is 39.0. The number of hydrogen-bond acceptors (Lipinski definition) is 5. The molecule has 0 bridgehead atoms. The Morgan fingerprint density at radius 1 is 1.25 bits per heavy atom. The Hall–Kier alpha value is -0.990. The zero-order chi connectivity index (χ0) is 16.6. The molecule has 20 heavy (non-hydrogen) atoms. The van der Waals surface area contributed by atoms with Gasteiger partial charge in [0.15, 0.2) is 0 Å². The number of carbonyl (C=O) groups is 2. The molecule has 120 valence electrons. The maximum atomic E-state index is 10.5. The number of aliphatic carboxylic acids is 1. The summed E-state index contributed by atoms with van der Waals surface area (Å²) < 4.78 is 11.4. The molecule has 10 heteroatoms. The lowest BCUT2D eigenvalue weighted by atomic mass is 10.5. The molecule has 0 unspecified atom stereocenters. The quantitative estimate of drug-likeness (QED) is 0.304. The largest absolute Gasteiger partial charge is 0.544 e. The molecule has 0 aromatic carbocycles. The minimum absolute atomic E-state index is 0.0285. The van der Waals surface area contributed by atoms with Crippen molar-refractivity contribution in [2.75, 3.05) is 54.9 Å². The first-order valence-corrected chi connectivity index (χ1v) is 7.29. The van der Waals surface area contributed by atoms with Gasteiger partial charge in [-0.15, -0.1) is 0 Å². The second-order valence-corrected chi connectivity index (χ2v) is 6.95. The van der Waals surface area contributed by atoms with E-state index in [-0.39, 0.29) is 19.5 Å². The van der Waals surface area contributed by atoms with Gasteiger partial charge in [-0.3, -0.25) is 9.46 Å². The van der Waals surface area contributed by atoms with Crippen molar-refractivity contribution in [3.8, 4) is 0 Å². The van der Waals surface area contributed by atoms with Gasteiger partial charge in [0, 0.05) is 13.1 Å². The van der Waals surface area contributed by atoms with Crippen LogP contribution in [0.1, 0.15) is 0 Å². The van der Waals surface area contributed by atoms with Gasteiger partial charge in [0.1, 0.15) is 6.54 Å². The Morgan fingerprint density at radius 3 is 1.85 bits per heavy atom. The van der Waals surface area contributed by atoms with Gasteiger partial charge in [-0.05, 0) is 14.1 Å².